The van der Waals surface area contributed by atoms with Crippen molar-refractivity contribution in [1.82, 2.24) is 9.97 Å². The van der Waals surface area contributed by atoms with Gasteiger partial charge in [0.05, 0.1) is 16.6 Å². The molecule has 0 aliphatic carbocycles. The fourth-order valence-corrected chi connectivity index (χ4v) is 2.74. The summed E-state index contributed by atoms with van der Waals surface area (Å²) in [5.41, 5.74) is 2.88. The van der Waals surface area contributed by atoms with Crippen LogP contribution in [-0.4, -0.2) is 15.1 Å². The number of rotatable bonds is 3. The van der Waals surface area contributed by atoms with Crippen LogP contribution in [-0.2, 0) is 6.42 Å². The fraction of sp³-hybridized carbons (Fsp3) is 0.200. The molecule has 1 N–H and O–H groups in total. The first kappa shape index (κ1) is 12.3. The molecule has 19 heavy (non-hydrogen) atoms. The van der Waals surface area contributed by atoms with E-state index in [1.54, 1.807) is 17.5 Å². The molecular formula is C15H14N2OS. The molecule has 0 saturated heterocycles. The molecule has 0 aliphatic heterocycles. The highest BCUT2D eigenvalue weighted by Gasteiger charge is 2.11. The second kappa shape index (κ2) is 5.07. The Morgan fingerprint density at radius 2 is 2.16 bits per heavy atom. The summed E-state index contributed by atoms with van der Waals surface area (Å²) < 4.78 is 0. The quantitative estimate of drug-likeness (QED) is 0.794. The third kappa shape index (κ3) is 2.64. The molecule has 2 heterocycles. The molecule has 96 valence electrons. The Morgan fingerprint density at radius 1 is 1.26 bits per heavy atom. The number of benzene rings is 1. The molecule has 1 aromatic carbocycles. The van der Waals surface area contributed by atoms with Crippen LogP contribution in [0.3, 0.4) is 0 Å². The van der Waals surface area contributed by atoms with Gasteiger partial charge in [-0.25, -0.2) is 4.98 Å². The van der Waals surface area contributed by atoms with Gasteiger partial charge >= 0.3 is 0 Å². The van der Waals surface area contributed by atoms with Gasteiger partial charge in [0, 0.05) is 29.1 Å². The third-order valence-electron chi connectivity index (χ3n) is 3.09. The van der Waals surface area contributed by atoms with Gasteiger partial charge in [0.25, 0.3) is 0 Å². The van der Waals surface area contributed by atoms with Gasteiger partial charge in [0.1, 0.15) is 0 Å². The summed E-state index contributed by atoms with van der Waals surface area (Å²) >= 11 is 1.57. The summed E-state index contributed by atoms with van der Waals surface area (Å²) in [6.45, 7) is 1.98. The van der Waals surface area contributed by atoms with Gasteiger partial charge in [-0.2, -0.15) is 0 Å². The topological polar surface area (TPSA) is 46.0 Å². The van der Waals surface area contributed by atoms with E-state index in [2.05, 4.69) is 9.97 Å². The number of fused-ring (bicyclic) bond motifs is 1. The van der Waals surface area contributed by atoms with E-state index in [9.17, 15) is 5.11 Å². The zero-order valence-electron chi connectivity index (χ0n) is 10.6. The second-order valence-electron chi connectivity index (χ2n) is 4.55. The molecule has 3 aromatic rings. The Morgan fingerprint density at radius 3 is 2.95 bits per heavy atom. The van der Waals surface area contributed by atoms with Crippen LogP contribution >= 0.6 is 11.3 Å². The molecule has 0 bridgehead atoms. The highest BCUT2D eigenvalue weighted by atomic mass is 32.1. The highest BCUT2D eigenvalue weighted by Crippen LogP contribution is 2.23. The maximum atomic E-state index is 10.3. The predicted octanol–water partition coefficient (Wildman–Crippen LogP) is 3.28. The highest BCUT2D eigenvalue weighted by molar-refractivity contribution is 7.09. The van der Waals surface area contributed by atoms with Crippen molar-refractivity contribution in [3.8, 4) is 0 Å². The average Bonchev–Trinajstić information content (AvgIpc) is 2.91. The van der Waals surface area contributed by atoms with Crippen LogP contribution < -0.4 is 0 Å². The minimum atomic E-state index is -0.517. The number of aliphatic hydroxyl groups is 1. The van der Waals surface area contributed by atoms with E-state index in [4.69, 9.17) is 0 Å². The number of nitrogens with zero attached hydrogens (tertiary/aromatic N) is 2. The number of aryl methyl sites for hydroxylation is 1. The summed E-state index contributed by atoms with van der Waals surface area (Å²) in [6, 6.07) is 9.92. The van der Waals surface area contributed by atoms with Gasteiger partial charge in [-0.15, -0.1) is 11.3 Å². The van der Waals surface area contributed by atoms with Crippen LogP contribution in [0.5, 0.6) is 0 Å². The Kier molecular flexibility index (Phi) is 3.27. The van der Waals surface area contributed by atoms with Crippen molar-refractivity contribution in [1.29, 1.82) is 0 Å². The predicted molar refractivity (Wildman–Crippen MR) is 77.3 cm³/mol. The van der Waals surface area contributed by atoms with Crippen LogP contribution in [0.15, 0.2) is 41.9 Å². The van der Waals surface area contributed by atoms with Gasteiger partial charge < -0.3 is 5.11 Å². The molecule has 3 rings (SSSR count). The van der Waals surface area contributed by atoms with E-state index < -0.39 is 6.10 Å². The van der Waals surface area contributed by atoms with Gasteiger partial charge in [-0.1, -0.05) is 12.1 Å². The molecule has 0 saturated carbocycles. The lowest BCUT2D eigenvalue weighted by atomic mass is 10.0. The van der Waals surface area contributed by atoms with Gasteiger partial charge in [-0.05, 0) is 30.7 Å². The average molecular weight is 270 g/mol. The molecular weight excluding hydrogens is 256 g/mol. The lowest BCUT2D eigenvalue weighted by Crippen LogP contribution is -2.01. The minimum Gasteiger partial charge on any atom is -0.388 e. The molecule has 4 heteroatoms. The van der Waals surface area contributed by atoms with E-state index in [0.717, 1.165) is 27.2 Å². The number of hydrogen-bond donors (Lipinski definition) is 1. The van der Waals surface area contributed by atoms with Crippen molar-refractivity contribution in [2.45, 2.75) is 19.4 Å². The molecule has 3 nitrogen and oxygen atoms in total. The molecule has 0 aliphatic rings. The van der Waals surface area contributed by atoms with Gasteiger partial charge in [0.2, 0.25) is 0 Å². The van der Waals surface area contributed by atoms with E-state index in [0.29, 0.717) is 6.42 Å². The van der Waals surface area contributed by atoms with E-state index in [-0.39, 0.29) is 0 Å². The summed E-state index contributed by atoms with van der Waals surface area (Å²) in [4.78, 5) is 8.66. The molecule has 0 amide bonds. The second-order valence-corrected chi connectivity index (χ2v) is 5.53. The van der Waals surface area contributed by atoms with Crippen molar-refractivity contribution >= 4 is 22.2 Å². The number of pyridine rings is 1. The van der Waals surface area contributed by atoms with Crippen LogP contribution in [0.4, 0.5) is 0 Å². The molecule has 1 unspecified atom stereocenters. The third-order valence-corrected chi connectivity index (χ3v) is 3.89. The number of aromatic nitrogens is 2. The minimum absolute atomic E-state index is 0.517. The maximum absolute atomic E-state index is 10.3. The monoisotopic (exact) mass is 270 g/mol. The van der Waals surface area contributed by atoms with Crippen molar-refractivity contribution in [3.05, 3.63) is 58.2 Å². The molecule has 1 atom stereocenters. The Hall–Kier alpha value is -1.78. The van der Waals surface area contributed by atoms with Crippen molar-refractivity contribution < 1.29 is 5.11 Å². The zero-order valence-corrected chi connectivity index (χ0v) is 11.4. The molecule has 0 fully saturated rings. The molecule has 0 radical (unpaired) electrons. The Labute approximate surface area is 115 Å². The Balaban J connectivity index is 1.90. The van der Waals surface area contributed by atoms with Crippen molar-refractivity contribution in [2.24, 2.45) is 0 Å². The standard InChI is InChI=1S/C15H14N2OS/c1-10-2-3-11-8-12(4-5-13(11)17-10)14(18)9-15-16-6-7-19-15/h2-8,14,18H,9H2,1H3. The van der Waals surface area contributed by atoms with E-state index in [1.165, 1.54) is 0 Å². The number of thiazole rings is 1. The van der Waals surface area contributed by atoms with Crippen LogP contribution in [0.25, 0.3) is 10.9 Å². The fourth-order valence-electron chi connectivity index (χ4n) is 2.09. The lowest BCUT2D eigenvalue weighted by molar-refractivity contribution is 0.178. The summed E-state index contributed by atoms with van der Waals surface area (Å²) in [6.07, 6.45) is 1.80. The van der Waals surface area contributed by atoms with Crippen molar-refractivity contribution in [3.63, 3.8) is 0 Å². The van der Waals surface area contributed by atoms with Gasteiger partial charge in [-0.3, -0.25) is 4.98 Å². The largest absolute Gasteiger partial charge is 0.388 e. The summed E-state index contributed by atoms with van der Waals surface area (Å²) in [5, 5.41) is 14.2. The van der Waals surface area contributed by atoms with E-state index >= 15 is 0 Å². The first-order valence-electron chi connectivity index (χ1n) is 6.16. The first-order valence-corrected chi connectivity index (χ1v) is 7.04. The molecule has 2 aromatic heterocycles. The molecule has 0 spiro atoms. The van der Waals surface area contributed by atoms with Crippen LogP contribution in [0.2, 0.25) is 0 Å². The van der Waals surface area contributed by atoms with Crippen LogP contribution in [0.1, 0.15) is 22.4 Å². The first-order chi connectivity index (χ1) is 9.22. The Bertz CT molecular complexity index is 694. The number of aliphatic hydroxyl groups excluding tert-OH is 1. The normalized spacial score (nSPS) is 12.7. The van der Waals surface area contributed by atoms with Crippen LogP contribution in [0, 0.1) is 6.92 Å². The van der Waals surface area contributed by atoms with E-state index in [1.807, 2.05) is 42.6 Å². The summed E-state index contributed by atoms with van der Waals surface area (Å²) in [7, 11) is 0. The van der Waals surface area contributed by atoms with Gasteiger partial charge in [0.15, 0.2) is 0 Å². The maximum Gasteiger partial charge on any atom is 0.0954 e. The lowest BCUT2D eigenvalue weighted by Gasteiger charge is -2.10. The zero-order chi connectivity index (χ0) is 13.2. The van der Waals surface area contributed by atoms with Crippen molar-refractivity contribution in [2.75, 3.05) is 0 Å². The smallest absolute Gasteiger partial charge is 0.0954 e. The summed E-state index contributed by atoms with van der Waals surface area (Å²) in [5.74, 6) is 0. The SMILES string of the molecule is Cc1ccc2cc(C(O)Cc3nccs3)ccc2n1. The number of hydrogen-bond acceptors (Lipinski definition) is 4.